The van der Waals surface area contributed by atoms with Gasteiger partial charge in [-0.05, 0) is 37.8 Å². The van der Waals surface area contributed by atoms with E-state index in [1.54, 1.807) is 4.90 Å². The van der Waals surface area contributed by atoms with E-state index in [0.29, 0.717) is 18.8 Å². The van der Waals surface area contributed by atoms with Crippen LogP contribution in [-0.4, -0.2) is 52.3 Å². The largest absolute Gasteiger partial charge is 0.367 e. The topological polar surface area (TPSA) is 90.5 Å². The molecule has 1 fully saturated rings. The van der Waals surface area contributed by atoms with Gasteiger partial charge in [-0.25, -0.2) is 4.68 Å². The number of hydrogen-bond acceptors (Lipinski definition) is 4. The number of nitrogens with two attached hydrogens (primary N) is 1. The van der Waals surface area contributed by atoms with Crippen molar-refractivity contribution in [1.29, 1.82) is 0 Å². The molecule has 1 atom stereocenters. The third-order valence-corrected chi connectivity index (χ3v) is 5.30. The van der Waals surface area contributed by atoms with Gasteiger partial charge in [-0.2, -0.15) is 5.10 Å². The second-order valence-corrected chi connectivity index (χ2v) is 7.09. The average Bonchev–Trinajstić information content (AvgIpc) is 2.89. The van der Waals surface area contributed by atoms with E-state index in [-0.39, 0.29) is 12.5 Å². The van der Waals surface area contributed by atoms with E-state index in [4.69, 9.17) is 15.6 Å². The zero-order valence-electron chi connectivity index (χ0n) is 15.3. The van der Waals surface area contributed by atoms with Crippen LogP contribution in [0, 0.1) is 0 Å². The Hall–Kier alpha value is -2.67. The highest BCUT2D eigenvalue weighted by molar-refractivity contribution is 5.95. The predicted molar refractivity (Wildman–Crippen MR) is 99.7 cm³/mol. The van der Waals surface area contributed by atoms with Gasteiger partial charge in [0.25, 0.3) is 5.91 Å². The summed E-state index contributed by atoms with van der Waals surface area (Å²) >= 11 is 0. The van der Waals surface area contributed by atoms with Crippen molar-refractivity contribution in [2.45, 2.75) is 38.2 Å². The van der Waals surface area contributed by atoms with Crippen molar-refractivity contribution in [1.82, 2.24) is 14.7 Å². The lowest BCUT2D eigenvalue weighted by atomic mass is 10.1. The number of morpholine rings is 1. The monoisotopic (exact) mass is 368 g/mol. The van der Waals surface area contributed by atoms with Crippen LogP contribution in [0.2, 0.25) is 0 Å². The molecule has 27 heavy (non-hydrogen) atoms. The van der Waals surface area contributed by atoms with Gasteiger partial charge in [-0.1, -0.05) is 24.6 Å². The molecule has 2 N–H and O–H groups in total. The summed E-state index contributed by atoms with van der Waals surface area (Å²) in [7, 11) is 0. The Labute approximate surface area is 158 Å². The molecule has 1 unspecified atom stereocenters. The van der Waals surface area contributed by atoms with Crippen molar-refractivity contribution in [2.24, 2.45) is 5.73 Å². The number of rotatable bonds is 3. The third kappa shape index (κ3) is 3.47. The van der Waals surface area contributed by atoms with Gasteiger partial charge in [0.2, 0.25) is 5.91 Å². The van der Waals surface area contributed by atoms with Crippen LogP contribution < -0.4 is 5.73 Å². The van der Waals surface area contributed by atoms with Gasteiger partial charge in [0.05, 0.1) is 18.8 Å². The highest BCUT2D eigenvalue weighted by Crippen LogP contribution is 2.27. The zero-order valence-corrected chi connectivity index (χ0v) is 15.3. The molecule has 7 heteroatoms. The van der Waals surface area contributed by atoms with Crippen molar-refractivity contribution < 1.29 is 14.3 Å². The number of primary amides is 1. The molecule has 1 aromatic carbocycles. The van der Waals surface area contributed by atoms with Crippen LogP contribution in [0.3, 0.4) is 0 Å². The van der Waals surface area contributed by atoms with Crippen LogP contribution in [0.25, 0.3) is 5.69 Å². The summed E-state index contributed by atoms with van der Waals surface area (Å²) < 4.78 is 7.29. The summed E-state index contributed by atoms with van der Waals surface area (Å²) in [5.74, 6) is -0.682. The predicted octanol–water partition coefficient (Wildman–Crippen LogP) is 1.47. The molecule has 0 spiro atoms. The maximum Gasteiger partial charge on any atom is 0.274 e. The normalized spacial score (nSPS) is 20.0. The number of nitrogens with zero attached hydrogens (tertiary/aromatic N) is 3. The number of carbonyl (C=O) groups is 2. The number of carbonyl (C=O) groups excluding carboxylic acids is 2. The molecule has 0 bridgehead atoms. The Balaban J connectivity index is 1.71. The van der Waals surface area contributed by atoms with Crippen molar-refractivity contribution >= 4 is 11.8 Å². The van der Waals surface area contributed by atoms with E-state index < -0.39 is 12.0 Å². The SMILES string of the molecule is NC(=O)C1CN(C(=O)c2nn(-c3ccccc3)c3c2CCCCC3)CCO1. The van der Waals surface area contributed by atoms with Crippen LogP contribution in [-0.2, 0) is 22.4 Å². The second-order valence-electron chi connectivity index (χ2n) is 7.09. The van der Waals surface area contributed by atoms with E-state index in [1.807, 2.05) is 35.0 Å². The molecule has 2 aromatic rings. The summed E-state index contributed by atoms with van der Waals surface area (Å²) in [5, 5.41) is 4.72. The molecule has 0 saturated carbocycles. The quantitative estimate of drug-likeness (QED) is 0.831. The maximum absolute atomic E-state index is 13.2. The Morgan fingerprint density at radius 2 is 1.89 bits per heavy atom. The number of amides is 2. The third-order valence-electron chi connectivity index (χ3n) is 5.30. The second kappa shape index (κ2) is 7.52. The molecule has 2 aliphatic rings. The van der Waals surface area contributed by atoms with E-state index in [9.17, 15) is 9.59 Å². The van der Waals surface area contributed by atoms with Crippen molar-refractivity contribution in [2.75, 3.05) is 19.7 Å². The van der Waals surface area contributed by atoms with E-state index in [2.05, 4.69) is 0 Å². The van der Waals surface area contributed by atoms with Crippen molar-refractivity contribution in [3.05, 3.63) is 47.3 Å². The molecule has 1 aromatic heterocycles. The Kier molecular flexibility index (Phi) is 4.94. The minimum absolute atomic E-state index is 0.141. The summed E-state index contributed by atoms with van der Waals surface area (Å²) in [4.78, 5) is 26.3. The van der Waals surface area contributed by atoms with E-state index >= 15 is 0 Å². The van der Waals surface area contributed by atoms with Crippen LogP contribution in [0.15, 0.2) is 30.3 Å². The smallest absolute Gasteiger partial charge is 0.274 e. The fraction of sp³-hybridized carbons (Fsp3) is 0.450. The van der Waals surface area contributed by atoms with Gasteiger partial charge in [-0.3, -0.25) is 9.59 Å². The lowest BCUT2D eigenvalue weighted by Gasteiger charge is -2.31. The highest BCUT2D eigenvalue weighted by atomic mass is 16.5. The summed E-state index contributed by atoms with van der Waals surface area (Å²) in [6.07, 6.45) is 4.32. The fourth-order valence-electron chi connectivity index (χ4n) is 3.89. The molecule has 142 valence electrons. The number of benzene rings is 1. The molecule has 2 heterocycles. The number of aromatic nitrogens is 2. The minimum atomic E-state index is -0.752. The number of fused-ring (bicyclic) bond motifs is 1. The maximum atomic E-state index is 13.2. The van der Waals surface area contributed by atoms with Gasteiger partial charge in [0.15, 0.2) is 11.8 Å². The Bertz CT molecular complexity index is 846. The van der Waals surface area contributed by atoms with Crippen LogP contribution in [0.4, 0.5) is 0 Å². The molecule has 1 aliphatic heterocycles. The summed E-state index contributed by atoms with van der Waals surface area (Å²) in [6.45, 7) is 0.928. The average molecular weight is 368 g/mol. The Morgan fingerprint density at radius 1 is 1.11 bits per heavy atom. The first-order valence-electron chi connectivity index (χ1n) is 9.51. The first-order valence-corrected chi connectivity index (χ1v) is 9.51. The van der Waals surface area contributed by atoms with Gasteiger partial charge in [0.1, 0.15) is 0 Å². The molecular formula is C20H24N4O3. The fourth-order valence-corrected chi connectivity index (χ4v) is 3.89. The molecule has 1 aliphatic carbocycles. The molecule has 1 saturated heterocycles. The van der Waals surface area contributed by atoms with Gasteiger partial charge in [-0.15, -0.1) is 0 Å². The lowest BCUT2D eigenvalue weighted by molar-refractivity contribution is -0.133. The zero-order chi connectivity index (χ0) is 18.8. The lowest BCUT2D eigenvalue weighted by Crippen LogP contribution is -2.50. The standard InChI is InChI=1S/C20H24N4O3/c21-19(25)17-13-23(11-12-27-17)20(26)18-15-9-5-2-6-10-16(15)24(22-18)14-7-3-1-4-8-14/h1,3-4,7-8,17H,2,5-6,9-13H2,(H2,21,25). The molecule has 7 nitrogen and oxygen atoms in total. The minimum Gasteiger partial charge on any atom is -0.367 e. The number of ether oxygens (including phenoxy) is 1. The number of hydrogen-bond donors (Lipinski definition) is 1. The molecule has 4 rings (SSSR count). The van der Waals surface area contributed by atoms with Crippen molar-refractivity contribution in [3.8, 4) is 5.69 Å². The van der Waals surface area contributed by atoms with Gasteiger partial charge in [0, 0.05) is 17.8 Å². The van der Waals surface area contributed by atoms with Crippen molar-refractivity contribution in [3.63, 3.8) is 0 Å². The first-order chi connectivity index (χ1) is 13.1. The first kappa shape index (κ1) is 17.7. The van der Waals surface area contributed by atoms with Gasteiger partial charge >= 0.3 is 0 Å². The molecule has 2 amide bonds. The van der Waals surface area contributed by atoms with Gasteiger partial charge < -0.3 is 15.4 Å². The van der Waals surface area contributed by atoms with Crippen LogP contribution >= 0.6 is 0 Å². The summed E-state index contributed by atoms with van der Waals surface area (Å²) in [5.41, 5.74) is 9.00. The Morgan fingerprint density at radius 3 is 2.67 bits per heavy atom. The van der Waals surface area contributed by atoms with E-state index in [1.165, 1.54) is 0 Å². The highest BCUT2D eigenvalue weighted by Gasteiger charge is 2.32. The number of para-hydroxylation sites is 1. The molecule has 0 radical (unpaired) electrons. The summed E-state index contributed by atoms with van der Waals surface area (Å²) in [6, 6.07) is 9.92. The molecular weight excluding hydrogens is 344 g/mol. The van der Waals surface area contributed by atoms with Crippen LogP contribution in [0.5, 0.6) is 0 Å². The van der Waals surface area contributed by atoms with E-state index in [0.717, 1.165) is 49.0 Å². The van der Waals surface area contributed by atoms with Crippen LogP contribution in [0.1, 0.15) is 41.0 Å².